The Labute approximate surface area is 139 Å². The van der Waals surface area contributed by atoms with Gasteiger partial charge in [0.05, 0.1) is 0 Å². The number of carbonyl (C=O) groups excluding carboxylic acids is 2. The fourth-order valence-electron chi connectivity index (χ4n) is 3.15. The molecule has 0 atom stereocenters. The van der Waals surface area contributed by atoms with Crippen LogP contribution in [0.2, 0.25) is 0 Å². The Morgan fingerprint density at radius 1 is 0.870 bits per heavy atom. The highest BCUT2D eigenvalue weighted by molar-refractivity contribution is 6.26. The fourth-order valence-corrected chi connectivity index (χ4v) is 3.15. The van der Waals surface area contributed by atoms with Gasteiger partial charge in [0.25, 0.3) is 0 Å². The highest BCUT2D eigenvalue weighted by Gasteiger charge is 2.28. The van der Waals surface area contributed by atoms with Crippen molar-refractivity contribution in [2.45, 2.75) is 58.3 Å². The third-order valence-corrected chi connectivity index (χ3v) is 4.57. The van der Waals surface area contributed by atoms with Gasteiger partial charge in [0.1, 0.15) is 0 Å². The van der Waals surface area contributed by atoms with E-state index in [9.17, 15) is 9.59 Å². The van der Waals surface area contributed by atoms with Gasteiger partial charge in [-0.25, -0.2) is 0 Å². The number of allylic oxidation sites excluding steroid dienone is 3. The van der Waals surface area contributed by atoms with Crippen molar-refractivity contribution in [3.05, 3.63) is 59.2 Å². The number of Topliss-reactive ketones (excluding diaryl/α,β-unsaturated/α-hetero) is 2. The van der Waals surface area contributed by atoms with Crippen LogP contribution in [0, 0.1) is 0 Å². The van der Waals surface area contributed by atoms with Crippen LogP contribution in [0.5, 0.6) is 0 Å². The second-order valence-electron chi connectivity index (χ2n) is 6.26. The highest BCUT2D eigenvalue weighted by atomic mass is 16.1. The van der Waals surface area contributed by atoms with E-state index in [1.165, 1.54) is 25.7 Å². The monoisotopic (exact) mass is 310 g/mol. The van der Waals surface area contributed by atoms with Crippen LogP contribution in [0.3, 0.4) is 0 Å². The Bertz CT molecular complexity index is 622. The molecule has 0 aromatic heterocycles. The number of hydrogen-bond acceptors (Lipinski definition) is 2. The third kappa shape index (κ3) is 4.28. The number of unbranched alkanes of at least 4 members (excludes halogenated alkanes) is 6. The molecule has 0 bridgehead atoms. The van der Waals surface area contributed by atoms with E-state index in [1.807, 2.05) is 18.2 Å². The molecule has 23 heavy (non-hydrogen) atoms. The Balaban J connectivity index is 1.86. The van der Waals surface area contributed by atoms with Gasteiger partial charge in [-0.2, -0.15) is 0 Å². The third-order valence-electron chi connectivity index (χ3n) is 4.57. The lowest BCUT2D eigenvalue weighted by atomic mass is 9.82. The van der Waals surface area contributed by atoms with Crippen molar-refractivity contribution in [3.63, 3.8) is 0 Å². The average molecular weight is 310 g/mol. The normalized spacial score (nSPS) is 14.1. The molecule has 0 aliphatic heterocycles. The Morgan fingerprint density at radius 3 is 2.09 bits per heavy atom. The molecule has 0 radical (unpaired) electrons. The first-order valence-corrected chi connectivity index (χ1v) is 8.66. The molecule has 0 fully saturated rings. The summed E-state index contributed by atoms with van der Waals surface area (Å²) in [6.45, 7) is 5.52. The predicted molar refractivity (Wildman–Crippen MR) is 94.9 cm³/mol. The van der Waals surface area contributed by atoms with Crippen LogP contribution >= 0.6 is 0 Å². The summed E-state index contributed by atoms with van der Waals surface area (Å²) in [6.07, 6.45) is 10.8. The van der Waals surface area contributed by atoms with E-state index in [4.69, 9.17) is 0 Å². The summed E-state index contributed by atoms with van der Waals surface area (Å²) in [5.41, 5.74) is 2.49. The molecule has 122 valence electrons. The van der Waals surface area contributed by atoms with Crippen molar-refractivity contribution >= 4 is 11.6 Å². The SMILES string of the molecule is C=CCCCCCCCCC1=C(C)C(=O)c2ccccc2C1=O. The van der Waals surface area contributed by atoms with Crippen molar-refractivity contribution < 1.29 is 9.59 Å². The zero-order chi connectivity index (χ0) is 16.7. The first-order chi connectivity index (χ1) is 11.2. The smallest absolute Gasteiger partial charge is 0.190 e. The van der Waals surface area contributed by atoms with E-state index in [0.717, 1.165) is 31.3 Å². The van der Waals surface area contributed by atoms with Gasteiger partial charge in [-0.1, -0.05) is 56.0 Å². The minimum atomic E-state index is 0.0135. The van der Waals surface area contributed by atoms with Crippen molar-refractivity contribution in [2.75, 3.05) is 0 Å². The lowest BCUT2D eigenvalue weighted by molar-refractivity contribution is 0.0971. The van der Waals surface area contributed by atoms with Crippen LogP contribution in [0.25, 0.3) is 0 Å². The first-order valence-electron chi connectivity index (χ1n) is 8.66. The number of carbonyl (C=O) groups is 2. The summed E-state index contributed by atoms with van der Waals surface area (Å²) >= 11 is 0. The first kappa shape index (κ1) is 17.4. The molecule has 0 spiro atoms. The van der Waals surface area contributed by atoms with Crippen LogP contribution in [-0.2, 0) is 0 Å². The maximum Gasteiger partial charge on any atom is 0.190 e. The van der Waals surface area contributed by atoms with Crippen LogP contribution in [0.4, 0.5) is 0 Å². The van der Waals surface area contributed by atoms with Crippen LogP contribution < -0.4 is 0 Å². The van der Waals surface area contributed by atoms with Gasteiger partial charge in [0, 0.05) is 22.3 Å². The zero-order valence-corrected chi connectivity index (χ0v) is 14.1. The largest absolute Gasteiger partial charge is 0.289 e. The number of hydrogen-bond donors (Lipinski definition) is 0. The minimum absolute atomic E-state index is 0.0135. The summed E-state index contributed by atoms with van der Waals surface area (Å²) in [7, 11) is 0. The molecule has 1 aromatic carbocycles. The van der Waals surface area contributed by atoms with Gasteiger partial charge in [-0.3, -0.25) is 9.59 Å². The quantitative estimate of drug-likeness (QED) is 0.434. The molecule has 1 aliphatic carbocycles. The Hall–Kier alpha value is -1.96. The predicted octanol–water partition coefficient (Wildman–Crippen LogP) is 5.69. The van der Waals surface area contributed by atoms with E-state index in [2.05, 4.69) is 6.58 Å². The maximum absolute atomic E-state index is 12.6. The van der Waals surface area contributed by atoms with E-state index in [0.29, 0.717) is 16.7 Å². The molecule has 2 nitrogen and oxygen atoms in total. The molecule has 0 saturated carbocycles. The van der Waals surface area contributed by atoms with E-state index in [1.54, 1.807) is 19.1 Å². The lowest BCUT2D eigenvalue weighted by Crippen LogP contribution is -2.20. The van der Waals surface area contributed by atoms with Crippen molar-refractivity contribution in [3.8, 4) is 0 Å². The molecule has 2 rings (SSSR count). The Morgan fingerprint density at radius 2 is 1.43 bits per heavy atom. The lowest BCUT2D eigenvalue weighted by Gasteiger charge is -2.18. The number of ketones is 2. The van der Waals surface area contributed by atoms with Gasteiger partial charge in [-0.05, 0) is 32.6 Å². The van der Waals surface area contributed by atoms with E-state index in [-0.39, 0.29) is 11.6 Å². The fraction of sp³-hybridized carbons (Fsp3) is 0.429. The van der Waals surface area contributed by atoms with Gasteiger partial charge >= 0.3 is 0 Å². The number of benzene rings is 1. The Kier molecular flexibility index (Phi) is 6.52. The molecule has 0 amide bonds. The summed E-state index contributed by atoms with van der Waals surface area (Å²) in [6, 6.07) is 7.15. The second-order valence-corrected chi connectivity index (χ2v) is 6.26. The zero-order valence-electron chi connectivity index (χ0n) is 14.1. The van der Waals surface area contributed by atoms with Crippen molar-refractivity contribution in [2.24, 2.45) is 0 Å². The van der Waals surface area contributed by atoms with Gasteiger partial charge in [0.15, 0.2) is 11.6 Å². The molecule has 0 unspecified atom stereocenters. The van der Waals surface area contributed by atoms with Crippen molar-refractivity contribution in [1.29, 1.82) is 0 Å². The molecule has 2 heteroatoms. The molecule has 0 saturated heterocycles. The van der Waals surface area contributed by atoms with Crippen LogP contribution in [-0.4, -0.2) is 11.6 Å². The summed E-state index contributed by atoms with van der Waals surface area (Å²) in [5, 5.41) is 0. The topological polar surface area (TPSA) is 34.1 Å². The van der Waals surface area contributed by atoms with Crippen molar-refractivity contribution in [1.82, 2.24) is 0 Å². The average Bonchev–Trinajstić information content (AvgIpc) is 2.58. The van der Waals surface area contributed by atoms with E-state index >= 15 is 0 Å². The molecule has 0 N–H and O–H groups in total. The van der Waals surface area contributed by atoms with Gasteiger partial charge in [-0.15, -0.1) is 6.58 Å². The second kappa shape index (κ2) is 8.61. The number of rotatable bonds is 9. The summed E-state index contributed by atoms with van der Waals surface area (Å²) < 4.78 is 0. The minimum Gasteiger partial charge on any atom is -0.289 e. The summed E-state index contributed by atoms with van der Waals surface area (Å²) in [4.78, 5) is 25.0. The molecule has 1 aliphatic rings. The number of fused-ring (bicyclic) bond motifs is 1. The molecule has 1 aromatic rings. The van der Waals surface area contributed by atoms with Crippen LogP contribution in [0.1, 0.15) is 79.0 Å². The molecular formula is C21H26O2. The standard InChI is InChI=1S/C21H26O2/c1-3-4-5-6-7-8-9-10-13-17-16(2)20(22)18-14-11-12-15-19(18)21(17)23/h3,11-12,14-15H,1,4-10,13H2,2H3. The van der Waals surface area contributed by atoms with E-state index < -0.39 is 0 Å². The van der Waals surface area contributed by atoms with Gasteiger partial charge < -0.3 is 0 Å². The van der Waals surface area contributed by atoms with Gasteiger partial charge in [0.2, 0.25) is 0 Å². The highest BCUT2D eigenvalue weighted by Crippen LogP contribution is 2.29. The maximum atomic E-state index is 12.6. The van der Waals surface area contributed by atoms with Crippen LogP contribution in [0.15, 0.2) is 48.1 Å². The molecule has 0 heterocycles. The summed E-state index contributed by atoms with van der Waals surface area (Å²) in [5.74, 6) is 0.0586. The molecular weight excluding hydrogens is 284 g/mol.